The number of hydrogen-bond donors (Lipinski definition) is 2. The summed E-state index contributed by atoms with van der Waals surface area (Å²) in [6.45, 7) is 0. The Labute approximate surface area is 88.1 Å². The Hall–Kier alpha value is -1.01. The van der Waals surface area contributed by atoms with Crippen LogP contribution in [0.2, 0.25) is 0 Å². The van der Waals surface area contributed by atoms with Crippen molar-refractivity contribution in [3.8, 4) is 0 Å². The molecule has 1 rings (SSSR count). The van der Waals surface area contributed by atoms with Gasteiger partial charge in [-0.1, -0.05) is 12.1 Å². The number of hydrazine groups is 1. The molecule has 5 heteroatoms. The standard InChI is InChI=1S/C10H15FN2O2/c1-14-10(15-2)9(13-12)7-4-3-5-8(11)6-7/h3-6,9-10,13H,12H2,1-2H3. The van der Waals surface area contributed by atoms with Crippen LogP contribution in [0.25, 0.3) is 0 Å². The molecule has 0 bridgehead atoms. The number of ether oxygens (including phenoxy) is 2. The molecule has 0 spiro atoms. The summed E-state index contributed by atoms with van der Waals surface area (Å²) in [6, 6.07) is 5.70. The van der Waals surface area contributed by atoms with E-state index >= 15 is 0 Å². The van der Waals surface area contributed by atoms with Gasteiger partial charge in [0.05, 0.1) is 6.04 Å². The van der Waals surface area contributed by atoms with Crippen LogP contribution < -0.4 is 11.3 Å². The van der Waals surface area contributed by atoms with E-state index in [9.17, 15) is 4.39 Å². The van der Waals surface area contributed by atoms with Gasteiger partial charge in [0.1, 0.15) is 5.82 Å². The number of nitrogens with one attached hydrogen (secondary N) is 1. The molecule has 0 aliphatic heterocycles. The Balaban J connectivity index is 2.90. The van der Waals surface area contributed by atoms with Crippen LogP contribution in [0.4, 0.5) is 4.39 Å². The minimum absolute atomic E-state index is 0.321. The third kappa shape index (κ3) is 2.97. The van der Waals surface area contributed by atoms with Crippen LogP contribution in [0.3, 0.4) is 0 Å². The molecule has 0 aliphatic rings. The van der Waals surface area contributed by atoms with Gasteiger partial charge < -0.3 is 9.47 Å². The van der Waals surface area contributed by atoms with Crippen molar-refractivity contribution in [3.05, 3.63) is 35.6 Å². The van der Waals surface area contributed by atoms with Crippen molar-refractivity contribution < 1.29 is 13.9 Å². The van der Waals surface area contributed by atoms with Gasteiger partial charge in [0, 0.05) is 14.2 Å². The van der Waals surface area contributed by atoms with E-state index in [1.165, 1.54) is 26.4 Å². The molecule has 1 unspecified atom stereocenters. The molecule has 1 atom stereocenters. The molecule has 84 valence electrons. The Morgan fingerprint density at radius 3 is 2.47 bits per heavy atom. The van der Waals surface area contributed by atoms with E-state index in [1.807, 2.05) is 0 Å². The zero-order valence-electron chi connectivity index (χ0n) is 8.74. The van der Waals surface area contributed by atoms with Crippen molar-refractivity contribution in [1.82, 2.24) is 5.43 Å². The lowest BCUT2D eigenvalue weighted by atomic mass is 10.1. The van der Waals surface area contributed by atoms with Crippen LogP contribution >= 0.6 is 0 Å². The summed E-state index contributed by atoms with van der Waals surface area (Å²) in [6.07, 6.45) is -0.559. The number of benzene rings is 1. The molecule has 0 saturated carbocycles. The van der Waals surface area contributed by atoms with Crippen LogP contribution in [-0.4, -0.2) is 20.5 Å². The number of hydrogen-bond acceptors (Lipinski definition) is 4. The highest BCUT2D eigenvalue weighted by atomic mass is 19.1. The predicted octanol–water partition coefficient (Wildman–Crippen LogP) is 0.949. The first-order chi connectivity index (χ1) is 7.22. The molecule has 0 heterocycles. The van der Waals surface area contributed by atoms with E-state index in [2.05, 4.69) is 5.43 Å². The largest absolute Gasteiger partial charge is 0.354 e. The number of methoxy groups -OCH3 is 2. The fourth-order valence-corrected chi connectivity index (χ4v) is 1.40. The van der Waals surface area contributed by atoms with Crippen LogP contribution in [0.1, 0.15) is 11.6 Å². The second kappa shape index (κ2) is 5.77. The van der Waals surface area contributed by atoms with Gasteiger partial charge in [-0.25, -0.2) is 9.82 Å². The fraction of sp³-hybridized carbons (Fsp3) is 0.400. The molecule has 15 heavy (non-hydrogen) atoms. The summed E-state index contributed by atoms with van der Waals surface area (Å²) in [5, 5.41) is 0. The summed E-state index contributed by atoms with van der Waals surface area (Å²) in [5.74, 6) is 5.05. The lowest BCUT2D eigenvalue weighted by Gasteiger charge is -2.24. The maximum Gasteiger partial charge on any atom is 0.177 e. The molecule has 1 aromatic carbocycles. The smallest absolute Gasteiger partial charge is 0.177 e. The molecule has 0 fully saturated rings. The van der Waals surface area contributed by atoms with Gasteiger partial charge >= 0.3 is 0 Å². The third-order valence-electron chi connectivity index (χ3n) is 2.12. The summed E-state index contributed by atoms with van der Waals surface area (Å²) in [4.78, 5) is 0. The van der Waals surface area contributed by atoms with E-state index in [0.717, 1.165) is 0 Å². The summed E-state index contributed by atoms with van der Waals surface area (Å²) >= 11 is 0. The van der Waals surface area contributed by atoms with Gasteiger partial charge in [0.2, 0.25) is 0 Å². The summed E-state index contributed by atoms with van der Waals surface area (Å²) in [5.41, 5.74) is 3.20. The van der Waals surface area contributed by atoms with Gasteiger partial charge in [-0.15, -0.1) is 0 Å². The van der Waals surface area contributed by atoms with Gasteiger partial charge in [0.15, 0.2) is 6.29 Å². The van der Waals surface area contributed by atoms with Crippen molar-refractivity contribution in [2.45, 2.75) is 12.3 Å². The van der Waals surface area contributed by atoms with E-state index in [-0.39, 0.29) is 5.82 Å². The third-order valence-corrected chi connectivity index (χ3v) is 2.12. The number of nitrogens with two attached hydrogens (primary N) is 1. The minimum atomic E-state index is -0.559. The van der Waals surface area contributed by atoms with Gasteiger partial charge in [-0.3, -0.25) is 5.84 Å². The zero-order valence-corrected chi connectivity index (χ0v) is 8.74. The molecular formula is C10H15FN2O2. The average molecular weight is 214 g/mol. The molecule has 0 radical (unpaired) electrons. The highest BCUT2D eigenvalue weighted by Crippen LogP contribution is 2.19. The molecule has 3 N–H and O–H groups in total. The second-order valence-corrected chi connectivity index (χ2v) is 3.04. The van der Waals surface area contributed by atoms with Crippen LogP contribution in [0.15, 0.2) is 24.3 Å². The highest BCUT2D eigenvalue weighted by Gasteiger charge is 2.21. The molecule has 0 aliphatic carbocycles. The van der Waals surface area contributed by atoms with Crippen LogP contribution in [0, 0.1) is 5.82 Å². The predicted molar refractivity (Wildman–Crippen MR) is 54.3 cm³/mol. The Morgan fingerprint density at radius 2 is 2.00 bits per heavy atom. The quantitative estimate of drug-likeness (QED) is 0.435. The van der Waals surface area contributed by atoms with Crippen LogP contribution in [0.5, 0.6) is 0 Å². The van der Waals surface area contributed by atoms with Crippen molar-refractivity contribution >= 4 is 0 Å². The van der Waals surface area contributed by atoms with E-state index in [1.54, 1.807) is 12.1 Å². The molecule has 0 amide bonds. The molecule has 1 aromatic rings. The van der Waals surface area contributed by atoms with Crippen molar-refractivity contribution in [3.63, 3.8) is 0 Å². The monoisotopic (exact) mass is 214 g/mol. The molecular weight excluding hydrogens is 199 g/mol. The average Bonchev–Trinajstić information content (AvgIpc) is 2.25. The topological polar surface area (TPSA) is 56.5 Å². The highest BCUT2D eigenvalue weighted by molar-refractivity contribution is 5.20. The number of halogens is 1. The Bertz CT molecular complexity index is 305. The second-order valence-electron chi connectivity index (χ2n) is 3.04. The molecule has 0 saturated heterocycles. The van der Waals surface area contributed by atoms with Crippen molar-refractivity contribution in [1.29, 1.82) is 0 Å². The molecule has 0 aromatic heterocycles. The Morgan fingerprint density at radius 1 is 1.33 bits per heavy atom. The SMILES string of the molecule is COC(OC)C(NN)c1cccc(F)c1. The first kappa shape index (κ1) is 12.1. The maximum absolute atomic E-state index is 13.0. The van der Waals surface area contributed by atoms with Gasteiger partial charge in [-0.2, -0.15) is 0 Å². The first-order valence-electron chi connectivity index (χ1n) is 4.50. The van der Waals surface area contributed by atoms with Gasteiger partial charge in [0.25, 0.3) is 0 Å². The first-order valence-corrected chi connectivity index (χ1v) is 4.50. The maximum atomic E-state index is 13.0. The lowest BCUT2D eigenvalue weighted by Crippen LogP contribution is -2.38. The lowest BCUT2D eigenvalue weighted by molar-refractivity contribution is -0.124. The normalized spacial score (nSPS) is 13.1. The summed E-state index contributed by atoms with van der Waals surface area (Å²) in [7, 11) is 3.00. The van der Waals surface area contributed by atoms with E-state index in [4.69, 9.17) is 15.3 Å². The van der Waals surface area contributed by atoms with Crippen molar-refractivity contribution in [2.75, 3.05) is 14.2 Å². The van der Waals surface area contributed by atoms with Crippen molar-refractivity contribution in [2.24, 2.45) is 5.84 Å². The Kier molecular flexibility index (Phi) is 4.64. The zero-order chi connectivity index (χ0) is 11.3. The summed E-state index contributed by atoms with van der Waals surface area (Å²) < 4.78 is 23.1. The number of rotatable bonds is 5. The van der Waals surface area contributed by atoms with E-state index < -0.39 is 12.3 Å². The van der Waals surface area contributed by atoms with Gasteiger partial charge in [-0.05, 0) is 17.7 Å². The van der Waals surface area contributed by atoms with Crippen LogP contribution in [-0.2, 0) is 9.47 Å². The fourth-order valence-electron chi connectivity index (χ4n) is 1.40. The molecule has 4 nitrogen and oxygen atoms in total. The van der Waals surface area contributed by atoms with E-state index in [0.29, 0.717) is 5.56 Å². The minimum Gasteiger partial charge on any atom is -0.354 e.